The lowest BCUT2D eigenvalue weighted by Crippen LogP contribution is -2.32. The Kier molecular flexibility index (Phi) is 2.90. The van der Waals surface area contributed by atoms with E-state index in [-0.39, 0.29) is 0 Å². The van der Waals surface area contributed by atoms with Gasteiger partial charge in [0.15, 0.2) is 0 Å². The monoisotopic (exact) mass is 172 g/mol. The Labute approximate surface area is 75.1 Å². The molecule has 0 aliphatic carbocycles. The third kappa shape index (κ3) is 1.58. The van der Waals surface area contributed by atoms with Crippen molar-refractivity contribution in [3.8, 4) is 0 Å². The lowest BCUT2D eigenvalue weighted by Gasteiger charge is -2.36. The van der Waals surface area contributed by atoms with Crippen LogP contribution in [0.1, 0.15) is 34.1 Å². The molecule has 0 aromatic heterocycles. The number of thioether (sulfide) groups is 1. The van der Waals surface area contributed by atoms with Crippen LogP contribution in [-0.2, 0) is 0 Å². The molecule has 1 saturated heterocycles. The third-order valence-corrected chi connectivity index (χ3v) is 4.62. The molecular formula is C10H20S. The molecule has 0 nitrogen and oxygen atoms in total. The van der Waals surface area contributed by atoms with E-state index in [0.29, 0.717) is 5.41 Å². The molecule has 0 spiro atoms. The lowest BCUT2D eigenvalue weighted by atomic mass is 9.69. The standard InChI is InChI=1S/C10H20S/c1-8(2)10(9(3)4)5-6-11-7-10/h8-9H,5-7H2,1-4H3. The molecule has 0 aromatic rings. The maximum absolute atomic E-state index is 2.38. The number of rotatable bonds is 2. The minimum atomic E-state index is 0.657. The summed E-state index contributed by atoms with van der Waals surface area (Å²) in [6.45, 7) is 9.52. The van der Waals surface area contributed by atoms with Gasteiger partial charge in [0.1, 0.15) is 0 Å². The molecule has 0 radical (unpaired) electrons. The van der Waals surface area contributed by atoms with Gasteiger partial charge in [-0.3, -0.25) is 0 Å². The van der Waals surface area contributed by atoms with E-state index in [4.69, 9.17) is 0 Å². The summed E-state index contributed by atoms with van der Waals surface area (Å²) in [7, 11) is 0. The van der Waals surface area contributed by atoms with Gasteiger partial charge in [0.25, 0.3) is 0 Å². The van der Waals surface area contributed by atoms with E-state index >= 15 is 0 Å². The van der Waals surface area contributed by atoms with Crippen LogP contribution in [0.3, 0.4) is 0 Å². The third-order valence-electron chi connectivity index (χ3n) is 3.38. The van der Waals surface area contributed by atoms with Crippen LogP contribution in [0, 0.1) is 17.3 Å². The highest BCUT2D eigenvalue weighted by molar-refractivity contribution is 7.99. The van der Waals surface area contributed by atoms with E-state index in [9.17, 15) is 0 Å². The molecule has 66 valence electrons. The molecule has 0 aromatic carbocycles. The smallest absolute Gasteiger partial charge is 0.000561 e. The zero-order chi connectivity index (χ0) is 8.48. The fraction of sp³-hybridized carbons (Fsp3) is 1.00. The second-order valence-corrected chi connectivity index (χ2v) is 5.45. The van der Waals surface area contributed by atoms with Gasteiger partial charge >= 0.3 is 0 Å². The first-order chi connectivity index (χ1) is 5.09. The molecular weight excluding hydrogens is 152 g/mol. The Morgan fingerprint density at radius 1 is 1.09 bits per heavy atom. The summed E-state index contributed by atoms with van der Waals surface area (Å²) in [5.74, 6) is 4.49. The second-order valence-electron chi connectivity index (χ2n) is 4.35. The predicted molar refractivity (Wildman–Crippen MR) is 54.1 cm³/mol. The Morgan fingerprint density at radius 3 is 1.82 bits per heavy atom. The van der Waals surface area contributed by atoms with E-state index in [1.54, 1.807) is 0 Å². The van der Waals surface area contributed by atoms with Crippen molar-refractivity contribution in [2.24, 2.45) is 17.3 Å². The first kappa shape index (κ1) is 9.44. The molecule has 1 rings (SSSR count). The molecule has 0 unspecified atom stereocenters. The van der Waals surface area contributed by atoms with Gasteiger partial charge in [-0.2, -0.15) is 11.8 Å². The van der Waals surface area contributed by atoms with E-state index in [2.05, 4.69) is 39.5 Å². The summed E-state index contributed by atoms with van der Waals surface area (Å²) >= 11 is 2.14. The zero-order valence-electron chi connectivity index (χ0n) is 8.18. The minimum Gasteiger partial charge on any atom is -0.161 e. The lowest BCUT2D eigenvalue weighted by molar-refractivity contribution is 0.148. The van der Waals surface area contributed by atoms with Crippen molar-refractivity contribution in [1.29, 1.82) is 0 Å². The van der Waals surface area contributed by atoms with Crippen molar-refractivity contribution in [2.45, 2.75) is 34.1 Å². The van der Waals surface area contributed by atoms with Crippen LogP contribution in [0.5, 0.6) is 0 Å². The van der Waals surface area contributed by atoms with Crippen molar-refractivity contribution in [2.75, 3.05) is 11.5 Å². The minimum absolute atomic E-state index is 0.657. The fourth-order valence-electron chi connectivity index (χ4n) is 2.17. The normalized spacial score (nSPS) is 23.5. The van der Waals surface area contributed by atoms with Crippen molar-refractivity contribution in [3.63, 3.8) is 0 Å². The van der Waals surface area contributed by atoms with Crippen molar-refractivity contribution in [1.82, 2.24) is 0 Å². The first-order valence-corrected chi connectivity index (χ1v) is 5.83. The van der Waals surface area contributed by atoms with Gasteiger partial charge in [-0.15, -0.1) is 0 Å². The molecule has 1 aliphatic heterocycles. The molecule has 0 N–H and O–H groups in total. The maximum Gasteiger partial charge on any atom is -0.000561 e. The van der Waals surface area contributed by atoms with Crippen LogP contribution >= 0.6 is 11.8 Å². The summed E-state index contributed by atoms with van der Waals surface area (Å²) < 4.78 is 0. The van der Waals surface area contributed by atoms with Gasteiger partial charge in [0.05, 0.1) is 0 Å². The van der Waals surface area contributed by atoms with Gasteiger partial charge in [-0.25, -0.2) is 0 Å². The van der Waals surface area contributed by atoms with E-state index in [1.807, 2.05) is 0 Å². The van der Waals surface area contributed by atoms with Gasteiger partial charge in [0, 0.05) is 0 Å². The molecule has 0 atom stereocenters. The molecule has 1 heterocycles. The number of hydrogen-bond donors (Lipinski definition) is 0. The summed E-state index contributed by atoms with van der Waals surface area (Å²) in [4.78, 5) is 0. The highest BCUT2D eigenvalue weighted by Crippen LogP contribution is 2.47. The van der Waals surface area contributed by atoms with Crippen molar-refractivity contribution < 1.29 is 0 Å². The quantitative estimate of drug-likeness (QED) is 0.615. The SMILES string of the molecule is CC(C)C1(C(C)C)CCSC1. The molecule has 0 bridgehead atoms. The van der Waals surface area contributed by atoms with E-state index in [0.717, 1.165) is 11.8 Å². The predicted octanol–water partition coefficient (Wildman–Crippen LogP) is 3.42. The molecule has 0 saturated carbocycles. The Balaban J connectivity index is 2.70. The largest absolute Gasteiger partial charge is 0.161 e. The molecule has 0 amide bonds. The Hall–Kier alpha value is 0.350. The average molecular weight is 172 g/mol. The summed E-state index contributed by atoms with van der Waals surface area (Å²) in [6.07, 6.45) is 1.44. The van der Waals surface area contributed by atoms with Gasteiger partial charge < -0.3 is 0 Å². The summed E-state index contributed by atoms with van der Waals surface area (Å²) in [6, 6.07) is 0. The van der Waals surface area contributed by atoms with Crippen LogP contribution in [0.25, 0.3) is 0 Å². The maximum atomic E-state index is 2.38. The summed E-state index contributed by atoms with van der Waals surface area (Å²) in [5, 5.41) is 0. The van der Waals surface area contributed by atoms with Crippen LogP contribution in [-0.4, -0.2) is 11.5 Å². The fourth-order valence-corrected chi connectivity index (χ4v) is 4.03. The second kappa shape index (κ2) is 3.38. The molecule has 1 aliphatic rings. The van der Waals surface area contributed by atoms with Crippen molar-refractivity contribution >= 4 is 11.8 Å². The Bertz CT molecular complexity index is 111. The van der Waals surface area contributed by atoms with Crippen LogP contribution < -0.4 is 0 Å². The highest BCUT2D eigenvalue weighted by Gasteiger charge is 2.39. The first-order valence-electron chi connectivity index (χ1n) is 4.67. The number of hydrogen-bond acceptors (Lipinski definition) is 1. The van der Waals surface area contributed by atoms with Crippen molar-refractivity contribution in [3.05, 3.63) is 0 Å². The van der Waals surface area contributed by atoms with Crippen LogP contribution in [0.15, 0.2) is 0 Å². The van der Waals surface area contributed by atoms with E-state index in [1.165, 1.54) is 17.9 Å². The molecule has 1 heteroatoms. The van der Waals surface area contributed by atoms with Crippen LogP contribution in [0.2, 0.25) is 0 Å². The average Bonchev–Trinajstić information content (AvgIpc) is 2.34. The Morgan fingerprint density at radius 2 is 1.64 bits per heavy atom. The van der Waals surface area contributed by atoms with Gasteiger partial charge in [0.2, 0.25) is 0 Å². The molecule has 1 fully saturated rings. The van der Waals surface area contributed by atoms with Gasteiger partial charge in [-0.05, 0) is 35.2 Å². The van der Waals surface area contributed by atoms with Crippen LogP contribution in [0.4, 0.5) is 0 Å². The summed E-state index contributed by atoms with van der Waals surface area (Å²) in [5.41, 5.74) is 0.657. The molecule has 11 heavy (non-hydrogen) atoms. The highest BCUT2D eigenvalue weighted by atomic mass is 32.2. The topological polar surface area (TPSA) is 0 Å². The van der Waals surface area contributed by atoms with Gasteiger partial charge in [-0.1, -0.05) is 27.7 Å². The zero-order valence-corrected chi connectivity index (χ0v) is 9.00. The van der Waals surface area contributed by atoms with E-state index < -0.39 is 0 Å².